The van der Waals surface area contributed by atoms with Gasteiger partial charge in [-0.05, 0) is 56.3 Å². The fourth-order valence-electron chi connectivity index (χ4n) is 3.09. The Kier molecular flexibility index (Phi) is 4.27. The molecule has 27 heavy (non-hydrogen) atoms. The van der Waals surface area contributed by atoms with Crippen LogP contribution < -0.4 is 14.8 Å². The Labute approximate surface area is 155 Å². The van der Waals surface area contributed by atoms with Crippen molar-refractivity contribution in [1.82, 2.24) is 15.1 Å². The minimum atomic E-state index is -0.298. The van der Waals surface area contributed by atoms with Gasteiger partial charge in [-0.3, -0.25) is 4.79 Å². The van der Waals surface area contributed by atoms with E-state index >= 15 is 0 Å². The van der Waals surface area contributed by atoms with Crippen LogP contribution in [-0.2, 0) is 0 Å². The Hall–Kier alpha value is -3.35. The van der Waals surface area contributed by atoms with Gasteiger partial charge in [0, 0.05) is 16.8 Å². The highest BCUT2D eigenvalue weighted by Gasteiger charge is 2.20. The normalized spacial score (nSPS) is 13.4. The third-order valence-corrected chi connectivity index (χ3v) is 4.57. The fourth-order valence-corrected chi connectivity index (χ4v) is 3.09. The number of nitrogens with zero attached hydrogens (tertiary/aromatic N) is 2. The number of hydrogen-bond acceptors (Lipinski definition) is 4. The van der Waals surface area contributed by atoms with Crippen molar-refractivity contribution in [2.45, 2.75) is 19.9 Å². The van der Waals surface area contributed by atoms with Gasteiger partial charge in [0.2, 0.25) is 6.79 Å². The Bertz CT molecular complexity index is 998. The van der Waals surface area contributed by atoms with Crippen LogP contribution in [0, 0.1) is 12.7 Å². The average molecular weight is 367 g/mol. The summed E-state index contributed by atoms with van der Waals surface area (Å²) in [5, 5.41) is 7.34. The van der Waals surface area contributed by atoms with E-state index in [-0.39, 0.29) is 24.6 Å². The second-order valence-corrected chi connectivity index (χ2v) is 6.34. The second kappa shape index (κ2) is 6.75. The summed E-state index contributed by atoms with van der Waals surface area (Å²) in [4.78, 5) is 12.6. The van der Waals surface area contributed by atoms with Crippen LogP contribution in [0.25, 0.3) is 5.69 Å². The molecule has 6 nitrogen and oxygen atoms in total. The number of rotatable bonds is 4. The van der Waals surface area contributed by atoms with Crippen molar-refractivity contribution in [3.8, 4) is 17.2 Å². The van der Waals surface area contributed by atoms with E-state index in [9.17, 15) is 9.18 Å². The number of halogens is 1. The van der Waals surface area contributed by atoms with Crippen LogP contribution >= 0.6 is 0 Å². The van der Waals surface area contributed by atoms with Gasteiger partial charge < -0.3 is 14.8 Å². The van der Waals surface area contributed by atoms with Crippen LogP contribution in [0.1, 0.15) is 34.6 Å². The molecule has 2 heterocycles. The van der Waals surface area contributed by atoms with Crippen LogP contribution in [0.5, 0.6) is 11.5 Å². The van der Waals surface area contributed by atoms with Crippen LogP contribution in [0.3, 0.4) is 0 Å². The molecular weight excluding hydrogens is 349 g/mol. The predicted octanol–water partition coefficient (Wildman–Crippen LogP) is 3.54. The van der Waals surface area contributed by atoms with E-state index in [2.05, 4.69) is 10.4 Å². The first-order valence-electron chi connectivity index (χ1n) is 8.54. The van der Waals surface area contributed by atoms with Gasteiger partial charge in [-0.1, -0.05) is 0 Å². The first-order chi connectivity index (χ1) is 13.0. The molecule has 7 heteroatoms. The zero-order valence-corrected chi connectivity index (χ0v) is 14.9. The third kappa shape index (κ3) is 3.23. The zero-order chi connectivity index (χ0) is 19.0. The van der Waals surface area contributed by atoms with Gasteiger partial charge in [-0.2, -0.15) is 5.10 Å². The van der Waals surface area contributed by atoms with E-state index in [0.717, 1.165) is 16.9 Å². The lowest BCUT2D eigenvalue weighted by Gasteiger charge is -2.14. The van der Waals surface area contributed by atoms with Gasteiger partial charge >= 0.3 is 0 Å². The van der Waals surface area contributed by atoms with E-state index in [1.807, 2.05) is 13.8 Å². The van der Waals surface area contributed by atoms with Crippen LogP contribution in [0.2, 0.25) is 0 Å². The lowest BCUT2D eigenvalue weighted by atomic mass is 10.1. The maximum Gasteiger partial charge on any atom is 0.251 e. The Balaban J connectivity index is 1.52. The molecule has 1 amide bonds. The van der Waals surface area contributed by atoms with Crippen molar-refractivity contribution in [2.24, 2.45) is 0 Å². The number of amides is 1. The predicted molar refractivity (Wildman–Crippen MR) is 96.7 cm³/mol. The van der Waals surface area contributed by atoms with Gasteiger partial charge in [-0.25, -0.2) is 9.07 Å². The van der Waals surface area contributed by atoms with Crippen molar-refractivity contribution in [3.63, 3.8) is 0 Å². The number of aromatic nitrogens is 2. The molecule has 0 saturated carbocycles. The SMILES string of the molecule is Cc1c(C(C)NC(=O)c2ccc3c(c2)OCO3)cnn1-c1ccc(F)cc1. The zero-order valence-electron chi connectivity index (χ0n) is 14.9. The molecule has 0 saturated heterocycles. The van der Waals surface area contributed by atoms with Crippen molar-refractivity contribution in [3.05, 3.63) is 71.3 Å². The molecule has 0 radical (unpaired) electrons. The largest absolute Gasteiger partial charge is 0.454 e. The number of carbonyl (C=O) groups excluding carboxylic acids is 1. The summed E-state index contributed by atoms with van der Waals surface area (Å²) in [5.74, 6) is 0.689. The van der Waals surface area contributed by atoms with Crippen molar-refractivity contribution in [1.29, 1.82) is 0 Å². The highest BCUT2D eigenvalue weighted by atomic mass is 19.1. The molecule has 0 aliphatic carbocycles. The molecule has 1 unspecified atom stereocenters. The maximum atomic E-state index is 13.1. The highest BCUT2D eigenvalue weighted by molar-refractivity contribution is 5.95. The Morgan fingerprint density at radius 1 is 1.19 bits per heavy atom. The summed E-state index contributed by atoms with van der Waals surface area (Å²) >= 11 is 0. The quantitative estimate of drug-likeness (QED) is 0.766. The fraction of sp³-hybridized carbons (Fsp3) is 0.200. The molecule has 1 aliphatic heterocycles. The minimum Gasteiger partial charge on any atom is -0.454 e. The molecule has 1 aliphatic rings. The lowest BCUT2D eigenvalue weighted by molar-refractivity contribution is 0.0939. The number of ether oxygens (including phenoxy) is 2. The van der Waals surface area contributed by atoms with Crippen LogP contribution in [0.4, 0.5) is 4.39 Å². The molecule has 3 aromatic rings. The summed E-state index contributed by atoms with van der Waals surface area (Å²) in [6.45, 7) is 3.97. The first kappa shape index (κ1) is 17.1. The maximum absolute atomic E-state index is 13.1. The number of hydrogen-bond donors (Lipinski definition) is 1. The van der Waals surface area contributed by atoms with E-state index in [1.165, 1.54) is 12.1 Å². The molecule has 1 atom stereocenters. The van der Waals surface area contributed by atoms with Gasteiger partial charge in [0.15, 0.2) is 11.5 Å². The topological polar surface area (TPSA) is 65.4 Å². The summed E-state index contributed by atoms with van der Waals surface area (Å²) in [7, 11) is 0. The molecule has 2 aromatic carbocycles. The highest BCUT2D eigenvalue weighted by Crippen LogP contribution is 2.32. The van der Waals surface area contributed by atoms with Crippen molar-refractivity contribution < 1.29 is 18.7 Å². The van der Waals surface area contributed by atoms with Gasteiger partial charge in [0.25, 0.3) is 5.91 Å². The van der Waals surface area contributed by atoms with Crippen molar-refractivity contribution in [2.75, 3.05) is 6.79 Å². The molecule has 0 spiro atoms. The van der Waals surface area contributed by atoms with E-state index in [0.29, 0.717) is 17.1 Å². The molecule has 1 N–H and O–H groups in total. The second-order valence-electron chi connectivity index (χ2n) is 6.34. The summed E-state index contributed by atoms with van der Waals surface area (Å²) in [5.41, 5.74) is 3.01. The number of nitrogens with one attached hydrogen (secondary N) is 1. The van der Waals surface area contributed by atoms with E-state index < -0.39 is 0 Å². The Morgan fingerprint density at radius 3 is 2.70 bits per heavy atom. The number of carbonyl (C=O) groups is 1. The molecule has 138 valence electrons. The van der Waals surface area contributed by atoms with E-state index in [4.69, 9.17) is 9.47 Å². The lowest BCUT2D eigenvalue weighted by Crippen LogP contribution is -2.26. The van der Waals surface area contributed by atoms with Gasteiger partial charge in [0.1, 0.15) is 5.82 Å². The molecule has 1 aromatic heterocycles. The van der Waals surface area contributed by atoms with E-state index in [1.54, 1.807) is 41.2 Å². The standard InChI is InChI=1S/C20H18FN3O3/c1-12(23-20(25)14-3-8-18-19(9-14)27-11-26-18)17-10-22-24(13(17)2)16-6-4-15(21)5-7-16/h3-10,12H,11H2,1-2H3,(H,23,25). The molecule has 4 rings (SSSR count). The Morgan fingerprint density at radius 2 is 1.93 bits per heavy atom. The molecule has 0 bridgehead atoms. The summed E-state index contributed by atoms with van der Waals surface area (Å²) < 4.78 is 25.4. The summed E-state index contributed by atoms with van der Waals surface area (Å²) in [6.07, 6.45) is 1.71. The number of fused-ring (bicyclic) bond motifs is 1. The third-order valence-electron chi connectivity index (χ3n) is 4.57. The monoisotopic (exact) mass is 367 g/mol. The van der Waals surface area contributed by atoms with Gasteiger partial charge in [-0.15, -0.1) is 0 Å². The van der Waals surface area contributed by atoms with Crippen molar-refractivity contribution >= 4 is 5.91 Å². The van der Waals surface area contributed by atoms with Gasteiger partial charge in [0.05, 0.1) is 17.9 Å². The minimum absolute atomic E-state index is 0.165. The van der Waals surface area contributed by atoms with Crippen LogP contribution in [0.15, 0.2) is 48.7 Å². The van der Waals surface area contributed by atoms with Crippen LogP contribution in [-0.4, -0.2) is 22.5 Å². The average Bonchev–Trinajstić information content (AvgIpc) is 3.28. The number of benzene rings is 2. The smallest absolute Gasteiger partial charge is 0.251 e. The molecule has 0 fully saturated rings. The first-order valence-corrected chi connectivity index (χ1v) is 8.54. The summed E-state index contributed by atoms with van der Waals surface area (Å²) in [6, 6.07) is 10.9. The molecular formula is C20H18FN3O3.